The van der Waals surface area contributed by atoms with Gasteiger partial charge in [0.1, 0.15) is 12.1 Å². The summed E-state index contributed by atoms with van der Waals surface area (Å²) in [6.45, 7) is -1.03. The highest BCUT2D eigenvalue weighted by atomic mass is 32.2. The Morgan fingerprint density at radius 3 is 2.27 bits per heavy atom. The predicted octanol–water partition coefficient (Wildman–Crippen LogP) is -3.72. The number of rotatable bonds is 15. The van der Waals surface area contributed by atoms with E-state index in [1.54, 1.807) is 0 Å². The second kappa shape index (κ2) is 15.3. The highest BCUT2D eigenvalue weighted by Gasteiger charge is 2.24. The van der Waals surface area contributed by atoms with Crippen LogP contribution < -0.4 is 33.2 Å². The standard InChI is InChI=1S/C16H31N7O6S/c1-30-6-4-9(17)13(26)23-11(8-24)14(27)21-7-12(25)22-10(15(28)29)3-2-5-20-16(18)19/h9-11,24H,2-8,17H2,1H3,(H,21,27)(H,22,25)(H,23,26)(H,28,29)(H4,18,19,20). The van der Waals surface area contributed by atoms with E-state index < -0.39 is 55.0 Å². The number of aliphatic imine (C=N–C) groups is 1. The van der Waals surface area contributed by atoms with Gasteiger partial charge in [-0.15, -0.1) is 0 Å². The Kier molecular flexibility index (Phi) is 14.0. The molecule has 13 nitrogen and oxygen atoms in total. The maximum atomic E-state index is 12.1. The van der Waals surface area contributed by atoms with Crippen molar-refractivity contribution in [2.75, 3.05) is 31.7 Å². The molecule has 0 radical (unpaired) electrons. The van der Waals surface area contributed by atoms with Gasteiger partial charge in [-0.2, -0.15) is 11.8 Å². The van der Waals surface area contributed by atoms with Crippen LogP contribution in [0.1, 0.15) is 19.3 Å². The third-order valence-corrected chi connectivity index (χ3v) is 4.43. The van der Waals surface area contributed by atoms with Gasteiger partial charge in [-0.1, -0.05) is 0 Å². The first-order chi connectivity index (χ1) is 14.1. The van der Waals surface area contributed by atoms with Crippen LogP contribution >= 0.6 is 11.8 Å². The Labute approximate surface area is 178 Å². The number of guanidine groups is 1. The largest absolute Gasteiger partial charge is 0.480 e. The van der Waals surface area contributed by atoms with Crippen LogP contribution in [0.4, 0.5) is 0 Å². The zero-order chi connectivity index (χ0) is 23.1. The molecule has 0 aliphatic carbocycles. The molecule has 0 aromatic rings. The van der Waals surface area contributed by atoms with Gasteiger partial charge in [0, 0.05) is 6.54 Å². The van der Waals surface area contributed by atoms with Crippen molar-refractivity contribution in [3.05, 3.63) is 0 Å². The lowest BCUT2D eigenvalue weighted by molar-refractivity contribution is -0.142. The number of carboxylic acids is 1. The average molecular weight is 450 g/mol. The Hall–Kier alpha value is -2.58. The maximum Gasteiger partial charge on any atom is 0.326 e. The van der Waals surface area contributed by atoms with Gasteiger partial charge in [-0.25, -0.2) is 4.79 Å². The number of amides is 3. The number of aliphatic hydroxyl groups is 1. The van der Waals surface area contributed by atoms with Crippen LogP contribution in [0.5, 0.6) is 0 Å². The van der Waals surface area contributed by atoms with Crippen molar-refractivity contribution in [1.82, 2.24) is 16.0 Å². The van der Waals surface area contributed by atoms with Crippen LogP contribution in [0.15, 0.2) is 4.99 Å². The summed E-state index contributed by atoms with van der Waals surface area (Å²) < 4.78 is 0. The normalized spacial score (nSPS) is 13.4. The monoisotopic (exact) mass is 449 g/mol. The molecule has 0 spiro atoms. The van der Waals surface area contributed by atoms with Gasteiger partial charge < -0.3 is 43.4 Å². The van der Waals surface area contributed by atoms with Gasteiger partial charge in [0.15, 0.2) is 5.96 Å². The highest BCUT2D eigenvalue weighted by Crippen LogP contribution is 2.00. The second-order valence-electron chi connectivity index (χ2n) is 6.26. The molecular formula is C16H31N7O6S. The first-order valence-corrected chi connectivity index (χ1v) is 10.5. The van der Waals surface area contributed by atoms with Crippen molar-refractivity contribution in [1.29, 1.82) is 0 Å². The van der Waals surface area contributed by atoms with Crippen molar-refractivity contribution >= 4 is 41.4 Å². The van der Waals surface area contributed by atoms with Crippen LogP contribution in [-0.4, -0.2) is 89.7 Å². The highest BCUT2D eigenvalue weighted by molar-refractivity contribution is 7.98. The molecule has 0 fully saturated rings. The molecule has 11 N–H and O–H groups in total. The van der Waals surface area contributed by atoms with E-state index in [2.05, 4.69) is 20.9 Å². The number of aliphatic carboxylic acids is 1. The van der Waals surface area contributed by atoms with Crippen LogP contribution in [0.25, 0.3) is 0 Å². The molecule has 0 aromatic carbocycles. The first kappa shape index (κ1) is 27.4. The molecule has 30 heavy (non-hydrogen) atoms. The summed E-state index contributed by atoms with van der Waals surface area (Å²) in [6, 6.07) is -3.32. The molecule has 14 heteroatoms. The minimum Gasteiger partial charge on any atom is -0.480 e. The van der Waals surface area contributed by atoms with Crippen molar-refractivity contribution in [3.8, 4) is 0 Å². The summed E-state index contributed by atoms with van der Waals surface area (Å²) in [5.74, 6) is -2.88. The zero-order valence-corrected chi connectivity index (χ0v) is 17.6. The van der Waals surface area contributed by atoms with E-state index in [1.165, 1.54) is 11.8 Å². The summed E-state index contributed by atoms with van der Waals surface area (Å²) >= 11 is 1.51. The number of nitrogens with one attached hydrogen (secondary N) is 3. The van der Waals surface area contributed by atoms with Gasteiger partial charge in [-0.05, 0) is 31.3 Å². The number of nitrogens with two attached hydrogens (primary N) is 3. The second-order valence-corrected chi connectivity index (χ2v) is 7.24. The van der Waals surface area contributed by atoms with E-state index in [0.29, 0.717) is 18.6 Å². The van der Waals surface area contributed by atoms with E-state index in [4.69, 9.17) is 22.3 Å². The smallest absolute Gasteiger partial charge is 0.326 e. The minimum atomic E-state index is -1.29. The van der Waals surface area contributed by atoms with Crippen molar-refractivity contribution < 1.29 is 29.4 Å². The molecule has 0 aromatic heterocycles. The van der Waals surface area contributed by atoms with Gasteiger partial charge in [0.05, 0.1) is 19.2 Å². The van der Waals surface area contributed by atoms with E-state index in [1.807, 2.05) is 6.26 Å². The van der Waals surface area contributed by atoms with E-state index in [0.717, 1.165) is 0 Å². The fourth-order valence-corrected chi connectivity index (χ4v) is 2.64. The number of carboxylic acid groups (broad SMARTS) is 1. The molecule has 3 amide bonds. The van der Waals surface area contributed by atoms with E-state index >= 15 is 0 Å². The third-order valence-electron chi connectivity index (χ3n) is 3.79. The fraction of sp³-hybridized carbons (Fsp3) is 0.688. The molecule has 0 rings (SSSR count). The van der Waals surface area contributed by atoms with E-state index in [9.17, 15) is 24.3 Å². The molecule has 0 aliphatic rings. The Bertz CT molecular complexity index is 615. The third kappa shape index (κ3) is 12.1. The van der Waals surface area contributed by atoms with Crippen LogP contribution in [0.3, 0.4) is 0 Å². The predicted molar refractivity (Wildman–Crippen MR) is 112 cm³/mol. The lowest BCUT2D eigenvalue weighted by Crippen LogP contribution is -2.54. The molecule has 0 bridgehead atoms. The first-order valence-electron chi connectivity index (χ1n) is 9.13. The molecule has 3 unspecified atom stereocenters. The van der Waals surface area contributed by atoms with Crippen molar-refractivity contribution in [3.63, 3.8) is 0 Å². The summed E-state index contributed by atoms with van der Waals surface area (Å²) in [5.41, 5.74) is 16.0. The molecule has 0 saturated heterocycles. The number of carbonyl (C=O) groups is 4. The molecule has 0 aliphatic heterocycles. The van der Waals surface area contributed by atoms with Gasteiger partial charge >= 0.3 is 5.97 Å². The Morgan fingerprint density at radius 1 is 1.07 bits per heavy atom. The molecule has 0 saturated carbocycles. The molecule has 172 valence electrons. The van der Waals surface area contributed by atoms with Crippen LogP contribution in [-0.2, 0) is 19.2 Å². The van der Waals surface area contributed by atoms with Crippen molar-refractivity contribution in [2.24, 2.45) is 22.2 Å². The Morgan fingerprint density at radius 2 is 1.73 bits per heavy atom. The van der Waals surface area contributed by atoms with Crippen LogP contribution in [0, 0.1) is 0 Å². The molecular weight excluding hydrogens is 418 g/mol. The van der Waals surface area contributed by atoms with Crippen molar-refractivity contribution in [2.45, 2.75) is 37.4 Å². The van der Waals surface area contributed by atoms with Gasteiger partial charge in [-0.3, -0.25) is 19.4 Å². The topological polar surface area (TPSA) is 235 Å². The number of hydrogen-bond donors (Lipinski definition) is 8. The number of hydrogen-bond acceptors (Lipinski definition) is 8. The Balaban J connectivity index is 4.52. The number of nitrogens with zero attached hydrogens (tertiary/aromatic N) is 1. The molecule has 0 heterocycles. The SMILES string of the molecule is CSCCC(N)C(=O)NC(CO)C(=O)NCC(=O)NC(CCCN=C(N)N)C(=O)O. The summed E-state index contributed by atoms with van der Waals surface area (Å²) in [6.07, 6.45) is 2.65. The van der Waals surface area contributed by atoms with Crippen LogP contribution in [0.2, 0.25) is 0 Å². The van der Waals surface area contributed by atoms with Gasteiger partial charge in [0.25, 0.3) is 0 Å². The molecule has 3 atom stereocenters. The zero-order valence-electron chi connectivity index (χ0n) is 16.8. The van der Waals surface area contributed by atoms with E-state index in [-0.39, 0.29) is 18.9 Å². The summed E-state index contributed by atoms with van der Waals surface area (Å²) in [5, 5.41) is 25.3. The lowest BCUT2D eigenvalue weighted by atomic mass is 10.1. The number of aliphatic hydroxyl groups excluding tert-OH is 1. The van der Waals surface area contributed by atoms with Gasteiger partial charge in [0.2, 0.25) is 17.7 Å². The number of thioether (sulfide) groups is 1. The quantitative estimate of drug-likeness (QED) is 0.0691. The average Bonchev–Trinajstić information content (AvgIpc) is 2.69. The maximum absolute atomic E-state index is 12.1. The number of carbonyl (C=O) groups excluding carboxylic acids is 3. The lowest BCUT2D eigenvalue weighted by Gasteiger charge is -2.19. The summed E-state index contributed by atoms with van der Waals surface area (Å²) in [4.78, 5) is 50.9. The summed E-state index contributed by atoms with van der Waals surface area (Å²) in [7, 11) is 0. The fourth-order valence-electron chi connectivity index (χ4n) is 2.15. The minimum absolute atomic E-state index is 0.0784.